The van der Waals surface area contributed by atoms with Gasteiger partial charge in [-0.05, 0) is 32.4 Å². The molecule has 0 aromatic carbocycles. The van der Waals surface area contributed by atoms with Crippen molar-refractivity contribution in [2.75, 3.05) is 5.75 Å². The molecule has 1 rings (SSSR count). The van der Waals surface area contributed by atoms with Crippen LogP contribution in [0.4, 0.5) is 0 Å². The summed E-state index contributed by atoms with van der Waals surface area (Å²) >= 11 is 1.70. The van der Waals surface area contributed by atoms with Crippen molar-refractivity contribution in [1.82, 2.24) is 0 Å². The van der Waals surface area contributed by atoms with Gasteiger partial charge in [-0.25, -0.2) is 0 Å². The van der Waals surface area contributed by atoms with E-state index in [9.17, 15) is 5.11 Å². The molecule has 0 saturated heterocycles. The highest BCUT2D eigenvalue weighted by molar-refractivity contribution is 8.03. The zero-order chi connectivity index (χ0) is 12.2. The van der Waals surface area contributed by atoms with Gasteiger partial charge < -0.3 is 5.11 Å². The Morgan fingerprint density at radius 2 is 2.25 bits per heavy atom. The Balaban J connectivity index is 2.91. The molecule has 1 saturated carbocycles. The fourth-order valence-electron chi connectivity index (χ4n) is 2.59. The zero-order valence-electron chi connectivity index (χ0n) is 10.8. The maximum Gasteiger partial charge on any atom is 0.101 e. The highest BCUT2D eigenvalue weighted by atomic mass is 32.2. The van der Waals surface area contributed by atoms with E-state index in [2.05, 4.69) is 33.4 Å². The molecular formula is C14H24OS. The Morgan fingerprint density at radius 1 is 1.56 bits per heavy atom. The van der Waals surface area contributed by atoms with Crippen LogP contribution in [0, 0.1) is 5.92 Å². The van der Waals surface area contributed by atoms with Gasteiger partial charge in [0.15, 0.2) is 0 Å². The van der Waals surface area contributed by atoms with Gasteiger partial charge in [0.1, 0.15) is 5.60 Å². The van der Waals surface area contributed by atoms with Gasteiger partial charge in [0, 0.05) is 10.8 Å². The number of aliphatic hydroxyl groups is 1. The maximum atomic E-state index is 10.9. The first-order chi connectivity index (χ1) is 7.56. The van der Waals surface area contributed by atoms with Crippen LogP contribution >= 0.6 is 11.8 Å². The lowest BCUT2D eigenvalue weighted by atomic mass is 9.72. The van der Waals surface area contributed by atoms with Gasteiger partial charge >= 0.3 is 0 Å². The van der Waals surface area contributed by atoms with E-state index in [-0.39, 0.29) is 5.92 Å². The molecule has 1 aliphatic carbocycles. The number of thioether (sulfide) groups is 1. The van der Waals surface area contributed by atoms with Gasteiger partial charge in [-0.2, -0.15) is 0 Å². The van der Waals surface area contributed by atoms with E-state index >= 15 is 0 Å². The summed E-state index contributed by atoms with van der Waals surface area (Å²) in [5.74, 6) is 1.26. The molecule has 1 nitrogen and oxygen atoms in total. The molecule has 2 heteroatoms. The topological polar surface area (TPSA) is 20.2 Å². The van der Waals surface area contributed by atoms with Crippen molar-refractivity contribution in [1.29, 1.82) is 0 Å². The minimum absolute atomic E-state index is 0.276. The van der Waals surface area contributed by atoms with Crippen molar-refractivity contribution in [3.63, 3.8) is 0 Å². The molecule has 0 aliphatic heterocycles. The summed E-state index contributed by atoms with van der Waals surface area (Å²) in [5, 5.41) is 10.9. The molecule has 0 spiro atoms. The van der Waals surface area contributed by atoms with Crippen LogP contribution in [0.2, 0.25) is 0 Å². The lowest BCUT2D eigenvalue weighted by molar-refractivity contribution is 0.00778. The molecule has 2 unspecified atom stereocenters. The largest absolute Gasteiger partial charge is 0.384 e. The molecule has 0 aromatic rings. The van der Waals surface area contributed by atoms with Crippen LogP contribution in [0.15, 0.2) is 23.1 Å². The summed E-state index contributed by atoms with van der Waals surface area (Å²) in [6.07, 6.45) is 6.44. The molecule has 0 aromatic heterocycles. The van der Waals surface area contributed by atoms with Crippen LogP contribution in [0.1, 0.15) is 46.5 Å². The Hall–Kier alpha value is -0.210. The van der Waals surface area contributed by atoms with Crippen LogP contribution in [0.5, 0.6) is 0 Å². The molecular weight excluding hydrogens is 216 g/mol. The fraction of sp³-hybridized carbons (Fsp3) is 0.714. The first-order valence-corrected chi connectivity index (χ1v) is 7.22. The smallest absolute Gasteiger partial charge is 0.101 e. The molecule has 0 amide bonds. The number of rotatable bonds is 4. The van der Waals surface area contributed by atoms with Crippen molar-refractivity contribution in [2.45, 2.75) is 52.1 Å². The van der Waals surface area contributed by atoms with Gasteiger partial charge in [-0.15, -0.1) is 11.8 Å². The summed E-state index contributed by atoms with van der Waals surface area (Å²) < 4.78 is 0. The Morgan fingerprint density at radius 3 is 2.81 bits per heavy atom. The summed E-state index contributed by atoms with van der Waals surface area (Å²) in [6.45, 7) is 10.4. The quantitative estimate of drug-likeness (QED) is 0.745. The monoisotopic (exact) mass is 240 g/mol. The summed E-state index contributed by atoms with van der Waals surface area (Å²) in [5.41, 5.74) is 0.634. The molecule has 1 fully saturated rings. The van der Waals surface area contributed by atoms with E-state index in [4.69, 9.17) is 0 Å². The lowest BCUT2D eigenvalue weighted by Crippen LogP contribution is -2.42. The SMILES string of the molecule is C=C(SCC)C1(O)CCCCC1/C(C)=C\C. The van der Waals surface area contributed by atoms with Crippen molar-refractivity contribution in [3.05, 3.63) is 23.1 Å². The van der Waals surface area contributed by atoms with Crippen LogP contribution in [-0.4, -0.2) is 16.5 Å². The van der Waals surface area contributed by atoms with E-state index in [0.29, 0.717) is 0 Å². The van der Waals surface area contributed by atoms with Gasteiger partial charge in [-0.1, -0.05) is 38.0 Å². The standard InChI is InChI=1S/C14H24OS/c1-5-11(3)13-9-7-8-10-14(13,15)12(4)16-6-2/h5,13,15H,4,6-10H2,1-3H3/b11-5-. The Labute approximate surface area is 104 Å². The molecule has 0 heterocycles. The van der Waals surface area contributed by atoms with E-state index in [1.165, 1.54) is 12.0 Å². The summed E-state index contributed by atoms with van der Waals surface area (Å²) in [4.78, 5) is 0.959. The number of allylic oxidation sites excluding steroid dienone is 1. The molecule has 16 heavy (non-hydrogen) atoms. The molecule has 1 N–H and O–H groups in total. The van der Waals surface area contributed by atoms with Gasteiger partial charge in [0.2, 0.25) is 0 Å². The van der Waals surface area contributed by atoms with Crippen LogP contribution < -0.4 is 0 Å². The van der Waals surface area contributed by atoms with Crippen LogP contribution in [0.25, 0.3) is 0 Å². The summed E-state index contributed by atoms with van der Waals surface area (Å²) in [6, 6.07) is 0. The first kappa shape index (κ1) is 13.9. The summed E-state index contributed by atoms with van der Waals surface area (Å²) in [7, 11) is 0. The number of hydrogen-bond donors (Lipinski definition) is 1. The predicted molar refractivity (Wildman–Crippen MR) is 73.6 cm³/mol. The van der Waals surface area contributed by atoms with Gasteiger partial charge in [0.25, 0.3) is 0 Å². The average Bonchev–Trinajstić information content (AvgIpc) is 2.29. The Bertz CT molecular complexity index is 282. The molecule has 2 atom stereocenters. The molecule has 1 aliphatic rings. The van der Waals surface area contributed by atoms with E-state index < -0.39 is 5.60 Å². The second-order valence-electron chi connectivity index (χ2n) is 4.61. The molecule has 0 bridgehead atoms. The molecule has 0 radical (unpaired) electrons. The third-order valence-corrected chi connectivity index (χ3v) is 4.67. The van der Waals surface area contributed by atoms with Gasteiger partial charge in [0.05, 0.1) is 0 Å². The third-order valence-electron chi connectivity index (χ3n) is 3.68. The van der Waals surface area contributed by atoms with Crippen molar-refractivity contribution in [2.24, 2.45) is 5.92 Å². The zero-order valence-corrected chi connectivity index (χ0v) is 11.6. The van der Waals surface area contributed by atoms with Crippen LogP contribution in [0.3, 0.4) is 0 Å². The normalized spacial score (nSPS) is 31.5. The lowest BCUT2D eigenvalue weighted by Gasteiger charge is -2.41. The predicted octanol–water partition coefficient (Wildman–Crippen LogP) is 4.14. The highest BCUT2D eigenvalue weighted by Gasteiger charge is 2.41. The third kappa shape index (κ3) is 2.72. The highest BCUT2D eigenvalue weighted by Crippen LogP contribution is 2.45. The second kappa shape index (κ2) is 5.92. The Kier molecular flexibility index (Phi) is 5.13. The van der Waals surface area contributed by atoms with Crippen LogP contribution in [-0.2, 0) is 0 Å². The average molecular weight is 240 g/mol. The van der Waals surface area contributed by atoms with E-state index in [1.807, 2.05) is 0 Å². The fourth-order valence-corrected chi connectivity index (χ4v) is 3.44. The second-order valence-corrected chi connectivity index (χ2v) is 5.97. The first-order valence-electron chi connectivity index (χ1n) is 6.23. The number of hydrogen-bond acceptors (Lipinski definition) is 2. The molecule has 92 valence electrons. The van der Waals surface area contributed by atoms with Crippen molar-refractivity contribution >= 4 is 11.8 Å². The van der Waals surface area contributed by atoms with E-state index in [1.54, 1.807) is 11.8 Å². The maximum absolute atomic E-state index is 10.9. The minimum atomic E-state index is -0.671. The van der Waals surface area contributed by atoms with Gasteiger partial charge in [-0.3, -0.25) is 0 Å². The minimum Gasteiger partial charge on any atom is -0.384 e. The van der Waals surface area contributed by atoms with Crippen molar-refractivity contribution in [3.8, 4) is 0 Å². The van der Waals surface area contributed by atoms with E-state index in [0.717, 1.165) is 29.9 Å². The van der Waals surface area contributed by atoms with Crippen molar-refractivity contribution < 1.29 is 5.11 Å².